The molecule has 0 aromatic heterocycles. The SMILES string of the molecule is O=C(O)CC1CN(S(=O)(=O)c2ccc(F)cc2Cl)C1. The van der Waals surface area contributed by atoms with E-state index in [-0.39, 0.29) is 35.3 Å². The molecule has 1 heterocycles. The van der Waals surface area contributed by atoms with Crippen LogP contribution in [0.25, 0.3) is 0 Å². The Morgan fingerprint density at radius 2 is 2.11 bits per heavy atom. The van der Waals surface area contributed by atoms with Crippen molar-refractivity contribution in [3.05, 3.63) is 29.0 Å². The minimum atomic E-state index is -3.78. The molecule has 0 bridgehead atoms. The first-order valence-electron chi connectivity index (χ1n) is 5.47. The van der Waals surface area contributed by atoms with E-state index in [2.05, 4.69) is 0 Å². The highest BCUT2D eigenvalue weighted by atomic mass is 35.5. The predicted molar refractivity (Wildman–Crippen MR) is 65.9 cm³/mol. The van der Waals surface area contributed by atoms with Crippen LogP contribution in [0, 0.1) is 11.7 Å². The van der Waals surface area contributed by atoms with Crippen LogP contribution >= 0.6 is 11.6 Å². The molecule has 8 heteroatoms. The predicted octanol–water partition coefficient (Wildman–Crippen LogP) is 1.57. The zero-order chi connectivity index (χ0) is 14.2. The number of hydrogen-bond donors (Lipinski definition) is 1. The number of carbonyl (C=O) groups is 1. The molecule has 19 heavy (non-hydrogen) atoms. The number of rotatable bonds is 4. The number of sulfonamides is 1. The van der Waals surface area contributed by atoms with Crippen molar-refractivity contribution < 1.29 is 22.7 Å². The maximum absolute atomic E-state index is 12.9. The van der Waals surface area contributed by atoms with Gasteiger partial charge in [-0.15, -0.1) is 0 Å². The fourth-order valence-electron chi connectivity index (χ4n) is 1.92. The van der Waals surface area contributed by atoms with Gasteiger partial charge >= 0.3 is 5.97 Å². The summed E-state index contributed by atoms with van der Waals surface area (Å²) >= 11 is 5.72. The van der Waals surface area contributed by atoms with E-state index in [0.29, 0.717) is 0 Å². The Kier molecular flexibility index (Phi) is 3.80. The summed E-state index contributed by atoms with van der Waals surface area (Å²) in [5.74, 6) is -1.76. The van der Waals surface area contributed by atoms with E-state index in [0.717, 1.165) is 22.5 Å². The van der Waals surface area contributed by atoms with Crippen molar-refractivity contribution in [2.45, 2.75) is 11.3 Å². The van der Waals surface area contributed by atoms with Crippen LogP contribution in [-0.2, 0) is 14.8 Å². The maximum atomic E-state index is 12.9. The molecule has 1 fully saturated rings. The first-order chi connectivity index (χ1) is 8.80. The summed E-state index contributed by atoms with van der Waals surface area (Å²) in [5.41, 5.74) is 0. The van der Waals surface area contributed by atoms with Crippen LogP contribution in [0.3, 0.4) is 0 Å². The number of carboxylic acid groups (broad SMARTS) is 1. The molecule has 104 valence electrons. The lowest BCUT2D eigenvalue weighted by Crippen LogP contribution is -2.50. The molecule has 5 nitrogen and oxygen atoms in total. The van der Waals surface area contributed by atoms with E-state index in [1.807, 2.05) is 0 Å². The molecule has 0 saturated carbocycles. The lowest BCUT2D eigenvalue weighted by molar-refractivity contribution is -0.139. The summed E-state index contributed by atoms with van der Waals surface area (Å²) in [7, 11) is -3.78. The molecule has 1 aliphatic heterocycles. The summed E-state index contributed by atoms with van der Waals surface area (Å²) in [4.78, 5) is 10.3. The van der Waals surface area contributed by atoms with E-state index in [4.69, 9.17) is 16.7 Å². The van der Waals surface area contributed by atoms with Gasteiger partial charge in [0.25, 0.3) is 0 Å². The number of nitrogens with zero attached hydrogens (tertiary/aromatic N) is 1. The van der Waals surface area contributed by atoms with Gasteiger partial charge in [-0.2, -0.15) is 4.31 Å². The van der Waals surface area contributed by atoms with Gasteiger partial charge in [0.1, 0.15) is 10.7 Å². The number of halogens is 2. The second-order valence-electron chi connectivity index (χ2n) is 4.36. The highest BCUT2D eigenvalue weighted by molar-refractivity contribution is 7.89. The van der Waals surface area contributed by atoms with E-state index >= 15 is 0 Å². The third kappa shape index (κ3) is 2.88. The van der Waals surface area contributed by atoms with Gasteiger partial charge in [-0.05, 0) is 24.1 Å². The second kappa shape index (κ2) is 5.07. The molecule has 0 atom stereocenters. The fourth-order valence-corrected chi connectivity index (χ4v) is 4.02. The topological polar surface area (TPSA) is 74.7 Å². The quantitative estimate of drug-likeness (QED) is 0.916. The fraction of sp³-hybridized carbons (Fsp3) is 0.364. The zero-order valence-electron chi connectivity index (χ0n) is 9.71. The minimum absolute atomic E-state index is 0.0663. The monoisotopic (exact) mass is 307 g/mol. The van der Waals surface area contributed by atoms with Crippen molar-refractivity contribution in [3.63, 3.8) is 0 Å². The molecule has 1 aromatic carbocycles. The largest absolute Gasteiger partial charge is 0.481 e. The van der Waals surface area contributed by atoms with Crippen LogP contribution in [0.5, 0.6) is 0 Å². The van der Waals surface area contributed by atoms with Gasteiger partial charge in [0.05, 0.1) is 11.4 Å². The average Bonchev–Trinajstić information content (AvgIpc) is 2.21. The average molecular weight is 308 g/mol. The van der Waals surface area contributed by atoms with E-state index in [9.17, 15) is 17.6 Å². The normalized spacial score (nSPS) is 17.2. The van der Waals surface area contributed by atoms with Gasteiger partial charge in [-0.3, -0.25) is 4.79 Å². The third-order valence-corrected chi connectivity index (χ3v) is 5.21. The van der Waals surface area contributed by atoms with Crippen LogP contribution in [-0.4, -0.2) is 36.9 Å². The molecule has 1 saturated heterocycles. The molecule has 0 radical (unpaired) electrons. The summed E-state index contributed by atoms with van der Waals surface area (Å²) in [6.45, 7) is 0.282. The molecule has 0 aliphatic carbocycles. The summed E-state index contributed by atoms with van der Waals surface area (Å²) < 4.78 is 38.3. The standard InChI is InChI=1S/C11H11ClFNO4S/c12-9-4-8(13)1-2-10(9)19(17,18)14-5-7(6-14)3-11(15)16/h1-2,4,7H,3,5-6H2,(H,15,16). The minimum Gasteiger partial charge on any atom is -0.481 e. The lowest BCUT2D eigenvalue weighted by Gasteiger charge is -2.37. The van der Waals surface area contributed by atoms with E-state index in [1.54, 1.807) is 0 Å². The van der Waals surface area contributed by atoms with Crippen molar-refractivity contribution in [3.8, 4) is 0 Å². The molecule has 2 rings (SSSR count). The highest BCUT2D eigenvalue weighted by Gasteiger charge is 2.38. The number of benzene rings is 1. The van der Waals surface area contributed by atoms with Crippen molar-refractivity contribution in [1.29, 1.82) is 0 Å². The Morgan fingerprint density at radius 3 is 2.63 bits per heavy atom. The van der Waals surface area contributed by atoms with Crippen LogP contribution in [0.1, 0.15) is 6.42 Å². The van der Waals surface area contributed by atoms with Gasteiger partial charge in [-0.25, -0.2) is 12.8 Å². The smallest absolute Gasteiger partial charge is 0.303 e. The second-order valence-corrected chi connectivity index (χ2v) is 6.67. The van der Waals surface area contributed by atoms with Crippen LogP contribution in [0.2, 0.25) is 5.02 Å². The highest BCUT2D eigenvalue weighted by Crippen LogP contribution is 2.31. The van der Waals surface area contributed by atoms with Gasteiger partial charge in [-0.1, -0.05) is 11.6 Å². The van der Waals surface area contributed by atoms with Gasteiger partial charge in [0.15, 0.2) is 0 Å². The molecule has 1 aliphatic rings. The Labute approximate surface area is 114 Å². The van der Waals surface area contributed by atoms with E-state index in [1.165, 1.54) is 0 Å². The van der Waals surface area contributed by atoms with Crippen molar-refractivity contribution in [2.24, 2.45) is 5.92 Å². The molecule has 0 amide bonds. The zero-order valence-corrected chi connectivity index (χ0v) is 11.3. The van der Waals surface area contributed by atoms with Crippen LogP contribution < -0.4 is 0 Å². The molecular formula is C11H11ClFNO4S. The molecule has 1 N–H and O–H groups in total. The Bertz CT molecular complexity index is 613. The Hall–Kier alpha value is -1.18. The summed E-state index contributed by atoms with van der Waals surface area (Å²) in [5, 5.41) is 8.42. The lowest BCUT2D eigenvalue weighted by atomic mass is 10.00. The van der Waals surface area contributed by atoms with Crippen LogP contribution in [0.15, 0.2) is 23.1 Å². The van der Waals surface area contributed by atoms with Crippen LogP contribution in [0.4, 0.5) is 4.39 Å². The van der Waals surface area contributed by atoms with Gasteiger partial charge in [0, 0.05) is 13.1 Å². The number of carboxylic acids is 1. The summed E-state index contributed by atoms with van der Waals surface area (Å²) in [6, 6.07) is 3.06. The maximum Gasteiger partial charge on any atom is 0.303 e. The molecule has 0 unspecified atom stereocenters. The van der Waals surface area contributed by atoms with Crippen molar-refractivity contribution >= 4 is 27.6 Å². The number of hydrogen-bond acceptors (Lipinski definition) is 3. The van der Waals surface area contributed by atoms with Crippen molar-refractivity contribution in [2.75, 3.05) is 13.1 Å². The first kappa shape index (κ1) is 14.2. The van der Waals surface area contributed by atoms with E-state index < -0.39 is 21.8 Å². The third-order valence-electron chi connectivity index (χ3n) is 2.90. The van der Waals surface area contributed by atoms with Crippen molar-refractivity contribution in [1.82, 2.24) is 4.31 Å². The first-order valence-corrected chi connectivity index (χ1v) is 7.29. The Morgan fingerprint density at radius 1 is 1.47 bits per heavy atom. The molecular weight excluding hydrogens is 297 g/mol. The summed E-state index contributed by atoms with van der Waals surface area (Å²) in [6.07, 6.45) is -0.0663. The molecule has 1 aromatic rings. The number of aliphatic carboxylic acids is 1. The Balaban J connectivity index is 2.14. The van der Waals surface area contributed by atoms with Gasteiger partial charge in [0.2, 0.25) is 10.0 Å². The molecule has 0 spiro atoms. The van der Waals surface area contributed by atoms with Gasteiger partial charge < -0.3 is 5.11 Å².